The maximum atomic E-state index is 11.9. The van der Waals surface area contributed by atoms with Gasteiger partial charge in [-0.3, -0.25) is 0 Å². The summed E-state index contributed by atoms with van der Waals surface area (Å²) in [5, 5.41) is 7.87. The SMILES string of the molecule is CC/C(=N\N(C)C(=O)OC(C)(C)C)OCCCNC(=O)OC(C)(C)C. The molecule has 0 rings (SSSR count). The number of hydrazone groups is 1. The van der Waals surface area contributed by atoms with Gasteiger partial charge in [-0.1, -0.05) is 6.92 Å². The first-order valence-corrected chi connectivity index (χ1v) is 8.48. The summed E-state index contributed by atoms with van der Waals surface area (Å²) in [5.74, 6) is 0.422. The quantitative estimate of drug-likeness (QED) is 0.339. The van der Waals surface area contributed by atoms with Crippen LogP contribution in [0.25, 0.3) is 0 Å². The predicted octanol–water partition coefficient (Wildman–Crippen LogP) is 3.51. The maximum absolute atomic E-state index is 11.9. The lowest BCUT2D eigenvalue weighted by Gasteiger charge is -2.22. The van der Waals surface area contributed by atoms with Gasteiger partial charge in [-0.25, -0.2) is 9.59 Å². The minimum Gasteiger partial charge on any atom is -0.480 e. The van der Waals surface area contributed by atoms with E-state index in [4.69, 9.17) is 14.2 Å². The molecule has 0 radical (unpaired) electrons. The highest BCUT2D eigenvalue weighted by atomic mass is 16.6. The molecule has 25 heavy (non-hydrogen) atoms. The van der Waals surface area contributed by atoms with Gasteiger partial charge in [-0.2, -0.15) is 5.01 Å². The third-order valence-electron chi connectivity index (χ3n) is 2.48. The summed E-state index contributed by atoms with van der Waals surface area (Å²) in [4.78, 5) is 23.3. The molecule has 1 N–H and O–H groups in total. The maximum Gasteiger partial charge on any atom is 0.430 e. The van der Waals surface area contributed by atoms with Crippen LogP contribution >= 0.6 is 0 Å². The Morgan fingerprint density at radius 1 is 1.04 bits per heavy atom. The van der Waals surface area contributed by atoms with E-state index in [1.165, 1.54) is 7.05 Å². The van der Waals surface area contributed by atoms with Crippen molar-refractivity contribution in [1.29, 1.82) is 0 Å². The van der Waals surface area contributed by atoms with Crippen molar-refractivity contribution in [3.8, 4) is 0 Å². The summed E-state index contributed by atoms with van der Waals surface area (Å²) >= 11 is 0. The highest BCUT2D eigenvalue weighted by Gasteiger charge is 2.20. The number of hydrogen-bond acceptors (Lipinski definition) is 6. The lowest BCUT2D eigenvalue weighted by atomic mass is 10.2. The molecule has 0 saturated heterocycles. The second-order valence-corrected chi connectivity index (χ2v) is 7.48. The molecule has 2 amide bonds. The lowest BCUT2D eigenvalue weighted by molar-refractivity contribution is 0.0295. The van der Waals surface area contributed by atoms with Crippen molar-refractivity contribution >= 4 is 18.1 Å². The Labute approximate surface area is 150 Å². The van der Waals surface area contributed by atoms with Gasteiger partial charge in [0.15, 0.2) is 0 Å². The van der Waals surface area contributed by atoms with E-state index in [1.807, 2.05) is 6.92 Å². The Morgan fingerprint density at radius 2 is 1.60 bits per heavy atom. The number of alkyl carbamates (subject to hydrolysis) is 1. The average molecular weight is 359 g/mol. The van der Waals surface area contributed by atoms with E-state index < -0.39 is 23.4 Å². The molecule has 0 aromatic heterocycles. The lowest BCUT2D eigenvalue weighted by Crippen LogP contribution is -2.33. The van der Waals surface area contributed by atoms with Crippen molar-refractivity contribution < 1.29 is 23.8 Å². The van der Waals surface area contributed by atoms with Gasteiger partial charge in [-0.15, -0.1) is 5.10 Å². The number of carbonyl (C=O) groups excluding carboxylic acids is 2. The molecular formula is C17H33N3O5. The molecule has 0 bridgehead atoms. The van der Waals surface area contributed by atoms with Crippen LogP contribution < -0.4 is 5.32 Å². The molecule has 8 nitrogen and oxygen atoms in total. The van der Waals surface area contributed by atoms with Crippen LogP contribution in [0.3, 0.4) is 0 Å². The van der Waals surface area contributed by atoms with E-state index in [1.54, 1.807) is 41.5 Å². The molecule has 0 aliphatic carbocycles. The van der Waals surface area contributed by atoms with Crippen LogP contribution in [-0.4, -0.2) is 54.5 Å². The number of amides is 2. The minimum absolute atomic E-state index is 0.366. The first-order valence-electron chi connectivity index (χ1n) is 8.48. The zero-order valence-electron chi connectivity index (χ0n) is 16.8. The van der Waals surface area contributed by atoms with Crippen molar-refractivity contribution in [2.24, 2.45) is 5.10 Å². The molecule has 0 aliphatic heterocycles. The Hall–Kier alpha value is -1.99. The Bertz CT molecular complexity index is 464. The molecule has 0 heterocycles. The minimum atomic E-state index is -0.582. The molecule has 0 unspecified atom stereocenters. The van der Waals surface area contributed by atoms with E-state index in [-0.39, 0.29) is 0 Å². The number of carbonyl (C=O) groups is 2. The van der Waals surface area contributed by atoms with E-state index in [9.17, 15) is 9.59 Å². The number of nitrogens with one attached hydrogen (secondary N) is 1. The van der Waals surface area contributed by atoms with Gasteiger partial charge in [0.1, 0.15) is 11.2 Å². The molecule has 0 aliphatic rings. The van der Waals surface area contributed by atoms with Gasteiger partial charge >= 0.3 is 12.2 Å². The summed E-state index contributed by atoms with van der Waals surface area (Å²) in [6, 6.07) is 0. The van der Waals surface area contributed by atoms with Gasteiger partial charge in [0.2, 0.25) is 5.90 Å². The van der Waals surface area contributed by atoms with Crippen molar-refractivity contribution in [1.82, 2.24) is 10.3 Å². The fourth-order valence-corrected chi connectivity index (χ4v) is 1.50. The van der Waals surface area contributed by atoms with E-state index in [0.717, 1.165) is 5.01 Å². The third-order valence-corrected chi connectivity index (χ3v) is 2.48. The topological polar surface area (TPSA) is 89.5 Å². The smallest absolute Gasteiger partial charge is 0.430 e. The van der Waals surface area contributed by atoms with Crippen LogP contribution in [0.1, 0.15) is 61.3 Å². The largest absolute Gasteiger partial charge is 0.480 e. The summed E-state index contributed by atoms with van der Waals surface area (Å²) in [7, 11) is 1.51. The molecule has 0 spiro atoms. The Kier molecular flexibility index (Phi) is 9.30. The third kappa shape index (κ3) is 13.0. The van der Waals surface area contributed by atoms with Crippen molar-refractivity contribution in [3.63, 3.8) is 0 Å². The van der Waals surface area contributed by atoms with Gasteiger partial charge in [0.05, 0.1) is 6.61 Å². The summed E-state index contributed by atoms with van der Waals surface area (Å²) in [6.07, 6.45) is 0.122. The molecule has 0 fully saturated rings. The Balaban J connectivity index is 4.21. The number of ether oxygens (including phenoxy) is 3. The zero-order valence-corrected chi connectivity index (χ0v) is 16.8. The number of hydrogen-bond donors (Lipinski definition) is 1. The molecular weight excluding hydrogens is 326 g/mol. The Morgan fingerprint density at radius 3 is 2.08 bits per heavy atom. The summed E-state index contributed by atoms with van der Waals surface area (Å²) in [6.45, 7) is 13.5. The molecule has 146 valence electrons. The van der Waals surface area contributed by atoms with E-state index in [2.05, 4.69) is 10.4 Å². The van der Waals surface area contributed by atoms with Crippen LogP contribution in [-0.2, 0) is 14.2 Å². The molecule has 0 aromatic rings. The number of rotatable bonds is 6. The van der Waals surface area contributed by atoms with Gasteiger partial charge < -0.3 is 19.5 Å². The van der Waals surface area contributed by atoms with Crippen molar-refractivity contribution in [2.45, 2.75) is 72.5 Å². The van der Waals surface area contributed by atoms with Crippen LogP contribution in [0.2, 0.25) is 0 Å². The first-order chi connectivity index (χ1) is 11.3. The van der Waals surface area contributed by atoms with Gasteiger partial charge in [0.25, 0.3) is 0 Å². The zero-order chi connectivity index (χ0) is 19.7. The van der Waals surface area contributed by atoms with Crippen LogP contribution in [0.5, 0.6) is 0 Å². The normalized spacial score (nSPS) is 12.4. The second kappa shape index (κ2) is 10.1. The highest BCUT2D eigenvalue weighted by Crippen LogP contribution is 2.09. The van der Waals surface area contributed by atoms with Crippen LogP contribution in [0, 0.1) is 0 Å². The van der Waals surface area contributed by atoms with Crippen LogP contribution in [0.4, 0.5) is 9.59 Å². The molecule has 0 aromatic carbocycles. The molecule has 8 heteroatoms. The number of nitrogens with zero attached hydrogens (tertiary/aromatic N) is 2. The average Bonchev–Trinajstić information content (AvgIpc) is 2.41. The fraction of sp³-hybridized carbons (Fsp3) is 0.824. The second-order valence-electron chi connectivity index (χ2n) is 7.48. The van der Waals surface area contributed by atoms with Crippen LogP contribution in [0.15, 0.2) is 5.10 Å². The monoisotopic (exact) mass is 359 g/mol. The first kappa shape index (κ1) is 23.0. The highest BCUT2D eigenvalue weighted by molar-refractivity contribution is 5.78. The van der Waals surface area contributed by atoms with Crippen molar-refractivity contribution in [3.05, 3.63) is 0 Å². The molecule has 0 saturated carbocycles. The van der Waals surface area contributed by atoms with E-state index >= 15 is 0 Å². The van der Waals surface area contributed by atoms with Crippen molar-refractivity contribution in [2.75, 3.05) is 20.2 Å². The predicted molar refractivity (Wildman–Crippen MR) is 96.5 cm³/mol. The molecule has 0 atom stereocenters. The van der Waals surface area contributed by atoms with Gasteiger partial charge in [0, 0.05) is 20.0 Å². The van der Waals surface area contributed by atoms with E-state index in [0.29, 0.717) is 31.9 Å². The van der Waals surface area contributed by atoms with Gasteiger partial charge in [-0.05, 0) is 48.0 Å². The fourth-order valence-electron chi connectivity index (χ4n) is 1.50. The summed E-state index contributed by atoms with van der Waals surface area (Å²) < 4.78 is 15.9. The standard InChI is InChI=1S/C17H33N3O5/c1-9-13(19-20(8)15(22)25-17(5,6)7)23-12-10-11-18-14(21)24-16(2,3)4/h9-12H2,1-8H3,(H,18,21)/b19-13+. The summed E-state index contributed by atoms with van der Waals surface area (Å²) in [5.41, 5.74) is -1.10.